The molecule has 140 valence electrons. The molecule has 0 atom stereocenters. The Kier molecular flexibility index (Phi) is 9.54. The minimum Gasteiger partial charge on any atom is -0.497 e. The van der Waals surface area contributed by atoms with E-state index in [4.69, 9.17) is 27.9 Å². The zero-order chi connectivity index (χ0) is 18.8. The second-order valence-electron chi connectivity index (χ2n) is 5.44. The minimum absolute atomic E-state index is 0.0555. The molecule has 2 aromatic carbocycles. The largest absolute Gasteiger partial charge is 0.497 e. The van der Waals surface area contributed by atoms with Crippen LogP contribution in [0.5, 0.6) is 5.75 Å². The number of carbonyl (C=O) groups is 1. The topological polar surface area (TPSA) is 38.3 Å². The molecule has 2 aromatic rings. The molecule has 0 radical (unpaired) electrons. The lowest BCUT2D eigenvalue weighted by Gasteiger charge is -2.08. The van der Waals surface area contributed by atoms with Crippen LogP contribution in [0.25, 0.3) is 0 Å². The third-order valence-corrected chi connectivity index (χ3v) is 6.24. The highest BCUT2D eigenvalue weighted by Crippen LogP contribution is 2.28. The summed E-state index contributed by atoms with van der Waals surface area (Å²) in [6.07, 6.45) is 0. The molecule has 2 rings (SSSR count). The number of methoxy groups -OCH3 is 1. The number of rotatable bonds is 10. The van der Waals surface area contributed by atoms with Gasteiger partial charge in [0.1, 0.15) is 5.75 Å². The average molecular weight is 430 g/mol. The number of halogens is 2. The number of benzene rings is 2. The molecule has 0 aliphatic heterocycles. The smallest absolute Gasteiger partial charge is 0.230 e. The van der Waals surface area contributed by atoms with E-state index in [1.807, 2.05) is 42.5 Å². The first-order valence-corrected chi connectivity index (χ1v) is 11.1. The molecule has 0 unspecified atom stereocenters. The van der Waals surface area contributed by atoms with Crippen LogP contribution in [0.3, 0.4) is 0 Å². The van der Waals surface area contributed by atoms with Crippen molar-refractivity contribution >= 4 is 52.6 Å². The summed E-state index contributed by atoms with van der Waals surface area (Å²) < 4.78 is 5.13. The number of hydrogen-bond donors (Lipinski definition) is 1. The van der Waals surface area contributed by atoms with Gasteiger partial charge in [0, 0.05) is 33.8 Å². The van der Waals surface area contributed by atoms with E-state index in [1.165, 1.54) is 5.56 Å². The van der Waals surface area contributed by atoms with Crippen LogP contribution < -0.4 is 10.1 Å². The first-order valence-electron chi connectivity index (χ1n) is 8.08. The first kappa shape index (κ1) is 21.3. The second kappa shape index (κ2) is 11.7. The number of thioether (sulfide) groups is 2. The van der Waals surface area contributed by atoms with Gasteiger partial charge in [0.15, 0.2) is 0 Å². The fourth-order valence-electron chi connectivity index (χ4n) is 2.14. The Labute approximate surface area is 173 Å². The van der Waals surface area contributed by atoms with E-state index < -0.39 is 0 Å². The Bertz CT molecular complexity index is 691. The Morgan fingerprint density at radius 1 is 1.04 bits per heavy atom. The zero-order valence-corrected chi connectivity index (χ0v) is 17.6. The van der Waals surface area contributed by atoms with E-state index in [2.05, 4.69) is 5.32 Å². The van der Waals surface area contributed by atoms with Crippen molar-refractivity contribution in [1.29, 1.82) is 0 Å². The Balaban J connectivity index is 1.57. The van der Waals surface area contributed by atoms with Crippen LogP contribution in [0.2, 0.25) is 10.0 Å². The molecule has 26 heavy (non-hydrogen) atoms. The van der Waals surface area contributed by atoms with Gasteiger partial charge in [-0.15, -0.1) is 11.8 Å². The lowest BCUT2D eigenvalue weighted by atomic mass is 10.2. The van der Waals surface area contributed by atoms with Gasteiger partial charge in [-0.25, -0.2) is 0 Å². The van der Waals surface area contributed by atoms with Crippen LogP contribution in [0, 0.1) is 0 Å². The van der Waals surface area contributed by atoms with Gasteiger partial charge in [0.2, 0.25) is 5.91 Å². The number of hydrogen-bond acceptors (Lipinski definition) is 4. The van der Waals surface area contributed by atoms with Crippen LogP contribution in [0.1, 0.15) is 11.1 Å². The zero-order valence-electron chi connectivity index (χ0n) is 14.5. The molecule has 0 aliphatic carbocycles. The molecule has 0 bridgehead atoms. The second-order valence-corrected chi connectivity index (χ2v) is 8.35. The van der Waals surface area contributed by atoms with E-state index in [0.29, 0.717) is 22.3 Å². The summed E-state index contributed by atoms with van der Waals surface area (Å²) in [7, 11) is 1.65. The summed E-state index contributed by atoms with van der Waals surface area (Å²) in [5.41, 5.74) is 2.12. The van der Waals surface area contributed by atoms with E-state index in [-0.39, 0.29) is 5.91 Å². The molecule has 0 heterocycles. The highest BCUT2D eigenvalue weighted by molar-refractivity contribution is 7.99. The molecule has 0 aliphatic rings. The van der Waals surface area contributed by atoms with Crippen molar-refractivity contribution in [3.05, 3.63) is 63.6 Å². The molecule has 1 N–H and O–H groups in total. The molecule has 1 amide bonds. The molecule has 0 saturated heterocycles. The average Bonchev–Trinajstić information content (AvgIpc) is 2.64. The monoisotopic (exact) mass is 429 g/mol. The summed E-state index contributed by atoms with van der Waals surface area (Å²) in [6.45, 7) is 0.634. The van der Waals surface area contributed by atoms with Gasteiger partial charge in [-0.05, 0) is 35.4 Å². The van der Waals surface area contributed by atoms with Crippen LogP contribution >= 0.6 is 46.7 Å². The summed E-state index contributed by atoms with van der Waals surface area (Å²) in [5, 5.41) is 4.30. The first-order chi connectivity index (χ1) is 12.6. The van der Waals surface area contributed by atoms with Crippen LogP contribution in [0.15, 0.2) is 42.5 Å². The summed E-state index contributed by atoms with van der Waals surface area (Å²) in [4.78, 5) is 11.9. The maximum absolute atomic E-state index is 11.9. The van der Waals surface area contributed by atoms with Gasteiger partial charge in [-0.2, -0.15) is 11.8 Å². The molecule has 0 spiro atoms. The number of carbonyl (C=O) groups excluding carboxylic acids is 1. The summed E-state index contributed by atoms with van der Waals surface area (Å²) in [6, 6.07) is 13.4. The van der Waals surface area contributed by atoms with E-state index >= 15 is 0 Å². The van der Waals surface area contributed by atoms with Gasteiger partial charge in [0.05, 0.1) is 12.9 Å². The maximum atomic E-state index is 11.9. The van der Waals surface area contributed by atoms with Gasteiger partial charge in [-0.1, -0.05) is 41.4 Å². The number of ether oxygens (including phenoxy) is 1. The maximum Gasteiger partial charge on any atom is 0.230 e. The Morgan fingerprint density at radius 2 is 1.73 bits per heavy atom. The molecule has 7 heteroatoms. The van der Waals surface area contributed by atoms with E-state index in [9.17, 15) is 4.79 Å². The highest BCUT2D eigenvalue weighted by Gasteiger charge is 2.06. The molecule has 0 fully saturated rings. The Hall–Kier alpha value is -1.01. The van der Waals surface area contributed by atoms with Gasteiger partial charge in [0.25, 0.3) is 0 Å². The van der Waals surface area contributed by atoms with Gasteiger partial charge < -0.3 is 10.1 Å². The number of amides is 1. The quantitative estimate of drug-likeness (QED) is 0.520. The molecule has 0 saturated carbocycles. The van der Waals surface area contributed by atoms with Crippen LogP contribution in [-0.2, 0) is 16.3 Å². The third-order valence-electron chi connectivity index (χ3n) is 3.54. The fourth-order valence-corrected chi connectivity index (χ4v) is 4.55. The van der Waals surface area contributed by atoms with Gasteiger partial charge in [-0.3, -0.25) is 4.79 Å². The molecular formula is C19H21Cl2NO2S2. The van der Waals surface area contributed by atoms with Crippen molar-refractivity contribution in [3.8, 4) is 5.75 Å². The van der Waals surface area contributed by atoms with Crippen molar-refractivity contribution < 1.29 is 9.53 Å². The van der Waals surface area contributed by atoms with Crippen molar-refractivity contribution in [1.82, 2.24) is 5.32 Å². The third kappa shape index (κ3) is 7.31. The number of nitrogens with one attached hydrogen (secondary N) is 1. The Morgan fingerprint density at radius 3 is 2.38 bits per heavy atom. The van der Waals surface area contributed by atoms with Crippen LogP contribution in [-0.4, -0.2) is 31.1 Å². The van der Waals surface area contributed by atoms with Crippen molar-refractivity contribution in [2.45, 2.75) is 11.5 Å². The highest BCUT2D eigenvalue weighted by atomic mass is 35.5. The van der Waals surface area contributed by atoms with Crippen molar-refractivity contribution in [2.75, 3.05) is 25.2 Å². The molecule has 0 aromatic heterocycles. The SMILES string of the molecule is COc1ccc(CSCC(=O)NCCSCc2c(Cl)cccc2Cl)cc1. The van der Waals surface area contributed by atoms with Crippen LogP contribution in [0.4, 0.5) is 0 Å². The summed E-state index contributed by atoms with van der Waals surface area (Å²) in [5.74, 6) is 3.70. The summed E-state index contributed by atoms with van der Waals surface area (Å²) >= 11 is 15.6. The van der Waals surface area contributed by atoms with Crippen molar-refractivity contribution in [2.24, 2.45) is 0 Å². The predicted molar refractivity (Wildman–Crippen MR) is 115 cm³/mol. The standard InChI is InChI=1S/C19H21Cl2NO2S2/c1-24-15-7-5-14(6-8-15)11-26-13-19(23)22-9-10-25-12-16-17(20)3-2-4-18(16)21/h2-8H,9-13H2,1H3,(H,22,23). The fraction of sp³-hybridized carbons (Fsp3) is 0.316. The van der Waals surface area contributed by atoms with E-state index in [0.717, 1.165) is 28.6 Å². The van der Waals surface area contributed by atoms with E-state index in [1.54, 1.807) is 30.6 Å². The predicted octanol–water partition coefficient (Wildman–Crippen LogP) is 5.28. The minimum atomic E-state index is 0.0555. The normalized spacial score (nSPS) is 10.6. The lowest BCUT2D eigenvalue weighted by Crippen LogP contribution is -2.27. The van der Waals surface area contributed by atoms with Gasteiger partial charge >= 0.3 is 0 Å². The molecular weight excluding hydrogens is 409 g/mol. The molecule has 3 nitrogen and oxygen atoms in total. The van der Waals surface area contributed by atoms with Crippen molar-refractivity contribution in [3.63, 3.8) is 0 Å². The lowest BCUT2D eigenvalue weighted by molar-refractivity contribution is -0.118.